The first kappa shape index (κ1) is 17.8. The predicted octanol–water partition coefficient (Wildman–Crippen LogP) is 2.52. The lowest BCUT2D eigenvalue weighted by molar-refractivity contribution is -0.137. The van der Waals surface area contributed by atoms with Crippen LogP contribution in [0.2, 0.25) is 0 Å². The van der Waals surface area contributed by atoms with Gasteiger partial charge in [0.1, 0.15) is 11.7 Å². The summed E-state index contributed by atoms with van der Waals surface area (Å²) < 4.78 is 10.9. The van der Waals surface area contributed by atoms with Crippen molar-refractivity contribution in [2.24, 2.45) is 0 Å². The highest BCUT2D eigenvalue weighted by Gasteiger charge is 2.32. The Morgan fingerprint density at radius 3 is 2.70 bits per heavy atom. The maximum absolute atomic E-state index is 12.6. The van der Waals surface area contributed by atoms with Crippen LogP contribution in [0, 0.1) is 0 Å². The highest BCUT2D eigenvalue weighted by atomic mass is 16.5. The number of carbonyl (C=O) groups is 1. The third-order valence-electron chi connectivity index (χ3n) is 5.20. The number of anilines is 1. The molecule has 27 heavy (non-hydrogen) atoms. The van der Waals surface area contributed by atoms with Gasteiger partial charge in [0.15, 0.2) is 0 Å². The van der Waals surface area contributed by atoms with Crippen molar-refractivity contribution in [2.45, 2.75) is 38.3 Å². The molecule has 1 aromatic heterocycles. The first-order valence-corrected chi connectivity index (χ1v) is 9.40. The molecule has 6 nitrogen and oxygen atoms in total. The molecule has 4 rings (SSSR count). The maximum atomic E-state index is 12.6. The highest BCUT2D eigenvalue weighted by Crippen LogP contribution is 2.36. The summed E-state index contributed by atoms with van der Waals surface area (Å²) in [6.07, 6.45) is 0.586. The van der Waals surface area contributed by atoms with Crippen molar-refractivity contribution < 1.29 is 14.3 Å². The number of nitrogens with zero attached hydrogens (tertiary/aromatic N) is 2. The Balaban J connectivity index is 1.58. The zero-order chi connectivity index (χ0) is 19.0. The van der Waals surface area contributed by atoms with Crippen molar-refractivity contribution >= 4 is 11.7 Å². The molecule has 3 atom stereocenters. The van der Waals surface area contributed by atoms with Gasteiger partial charge >= 0.3 is 5.97 Å². The number of hydrogen-bond acceptors (Lipinski definition) is 6. The van der Waals surface area contributed by atoms with Crippen LogP contribution in [0.4, 0.5) is 5.69 Å². The van der Waals surface area contributed by atoms with Gasteiger partial charge in [-0.3, -0.25) is 4.79 Å². The standard InChI is InChI=1S/C21H25N3O3/c1-13-11-24(12-14(2)22-13)16-8-7-15-9-17(21(25)27-19(15)10-16)18-5-4-6-20(23-18)26-3/h4-8,10,13-14,17,22H,9,11-12H2,1-3H3/t13-,14+,17?. The molecule has 0 saturated carbocycles. The smallest absolute Gasteiger partial charge is 0.320 e. The van der Waals surface area contributed by atoms with Crippen LogP contribution in [-0.4, -0.2) is 43.2 Å². The van der Waals surface area contributed by atoms with E-state index in [0.29, 0.717) is 35.8 Å². The first-order valence-electron chi connectivity index (χ1n) is 9.40. The second-order valence-electron chi connectivity index (χ2n) is 7.45. The number of methoxy groups -OCH3 is 1. The summed E-state index contributed by atoms with van der Waals surface area (Å²) in [5, 5.41) is 3.54. The van der Waals surface area contributed by atoms with E-state index in [4.69, 9.17) is 9.47 Å². The Kier molecular flexibility index (Phi) is 4.74. The summed E-state index contributed by atoms with van der Waals surface area (Å²) in [6, 6.07) is 12.5. The molecular formula is C21H25N3O3. The van der Waals surface area contributed by atoms with Crippen LogP contribution >= 0.6 is 0 Å². The third kappa shape index (κ3) is 3.62. The number of esters is 1. The molecule has 1 unspecified atom stereocenters. The minimum absolute atomic E-state index is 0.262. The molecule has 1 N–H and O–H groups in total. The average molecular weight is 367 g/mol. The normalized spacial score (nSPS) is 24.9. The fourth-order valence-electron chi connectivity index (χ4n) is 3.99. The van der Waals surface area contributed by atoms with E-state index in [1.807, 2.05) is 18.2 Å². The molecule has 3 heterocycles. The van der Waals surface area contributed by atoms with Gasteiger partial charge in [-0.2, -0.15) is 0 Å². The van der Waals surface area contributed by atoms with E-state index >= 15 is 0 Å². The van der Waals surface area contributed by atoms with Crippen LogP contribution in [0.25, 0.3) is 0 Å². The van der Waals surface area contributed by atoms with E-state index < -0.39 is 5.92 Å². The first-order chi connectivity index (χ1) is 13.0. The lowest BCUT2D eigenvalue weighted by atomic mass is 9.92. The van der Waals surface area contributed by atoms with Crippen LogP contribution in [-0.2, 0) is 11.2 Å². The molecular weight excluding hydrogens is 342 g/mol. The van der Waals surface area contributed by atoms with Gasteiger partial charge in [0.05, 0.1) is 12.8 Å². The van der Waals surface area contributed by atoms with Crippen LogP contribution in [0.15, 0.2) is 36.4 Å². The number of pyridine rings is 1. The summed E-state index contributed by atoms with van der Waals surface area (Å²) in [5.74, 6) is 0.499. The Labute approximate surface area is 159 Å². The Hall–Kier alpha value is -2.60. The largest absolute Gasteiger partial charge is 0.481 e. The van der Waals surface area contributed by atoms with Gasteiger partial charge in [-0.25, -0.2) is 4.98 Å². The zero-order valence-electron chi connectivity index (χ0n) is 15.9. The van der Waals surface area contributed by atoms with Crippen LogP contribution in [0.5, 0.6) is 11.6 Å². The molecule has 0 bridgehead atoms. The number of carbonyl (C=O) groups excluding carboxylic acids is 1. The van der Waals surface area contributed by atoms with Crippen LogP contribution in [0.3, 0.4) is 0 Å². The number of nitrogens with one attached hydrogen (secondary N) is 1. The lowest BCUT2D eigenvalue weighted by Crippen LogP contribution is -2.54. The third-order valence-corrected chi connectivity index (χ3v) is 5.20. The van der Waals surface area contributed by atoms with Crippen molar-refractivity contribution in [1.29, 1.82) is 0 Å². The maximum Gasteiger partial charge on any atom is 0.320 e. The van der Waals surface area contributed by atoms with Gasteiger partial charge in [-0.15, -0.1) is 0 Å². The molecule has 0 aliphatic carbocycles. The van der Waals surface area contributed by atoms with Crippen molar-refractivity contribution in [3.05, 3.63) is 47.7 Å². The summed E-state index contributed by atoms with van der Waals surface area (Å²) >= 11 is 0. The van der Waals surface area contributed by atoms with Crippen molar-refractivity contribution in [3.8, 4) is 11.6 Å². The van der Waals surface area contributed by atoms with Gasteiger partial charge in [-0.1, -0.05) is 12.1 Å². The molecule has 2 aromatic rings. The molecule has 6 heteroatoms. The Morgan fingerprint density at radius 1 is 1.19 bits per heavy atom. The SMILES string of the molecule is COc1cccc(C2Cc3ccc(N4C[C@@H](C)N[C@@H](C)C4)cc3OC2=O)n1. The van der Waals surface area contributed by atoms with Crippen LogP contribution in [0.1, 0.15) is 31.0 Å². The van der Waals surface area contributed by atoms with E-state index in [-0.39, 0.29) is 5.97 Å². The summed E-state index contributed by atoms with van der Waals surface area (Å²) in [5.41, 5.74) is 2.81. The Morgan fingerprint density at radius 2 is 1.96 bits per heavy atom. The minimum atomic E-state index is -0.405. The van der Waals surface area contributed by atoms with E-state index in [0.717, 1.165) is 24.3 Å². The van der Waals surface area contributed by atoms with E-state index in [9.17, 15) is 4.79 Å². The molecule has 1 saturated heterocycles. The number of hydrogen-bond donors (Lipinski definition) is 1. The highest BCUT2D eigenvalue weighted by molar-refractivity contribution is 5.83. The molecule has 1 fully saturated rings. The van der Waals surface area contributed by atoms with Crippen molar-refractivity contribution in [1.82, 2.24) is 10.3 Å². The second kappa shape index (κ2) is 7.19. The van der Waals surface area contributed by atoms with E-state index in [1.54, 1.807) is 13.2 Å². The number of aromatic nitrogens is 1. The monoisotopic (exact) mass is 367 g/mol. The van der Waals surface area contributed by atoms with Gasteiger partial charge in [0.25, 0.3) is 0 Å². The molecule has 0 amide bonds. The topological polar surface area (TPSA) is 63.7 Å². The lowest BCUT2D eigenvalue weighted by Gasteiger charge is -2.38. The number of benzene rings is 1. The molecule has 1 aromatic carbocycles. The van der Waals surface area contributed by atoms with Crippen LogP contribution < -0.4 is 19.7 Å². The molecule has 142 valence electrons. The van der Waals surface area contributed by atoms with Gasteiger partial charge < -0.3 is 19.7 Å². The van der Waals surface area contributed by atoms with Gasteiger partial charge in [0, 0.05) is 43.0 Å². The average Bonchev–Trinajstić information content (AvgIpc) is 2.66. The Bertz CT molecular complexity index is 844. The quantitative estimate of drug-likeness (QED) is 0.664. The summed E-state index contributed by atoms with van der Waals surface area (Å²) in [6.45, 7) is 6.25. The zero-order valence-corrected chi connectivity index (χ0v) is 15.9. The second-order valence-corrected chi connectivity index (χ2v) is 7.45. The fourth-order valence-corrected chi connectivity index (χ4v) is 3.99. The number of ether oxygens (including phenoxy) is 2. The van der Waals surface area contributed by atoms with Gasteiger partial charge in [-0.05, 0) is 38.0 Å². The predicted molar refractivity (Wildman–Crippen MR) is 104 cm³/mol. The van der Waals surface area contributed by atoms with Crippen molar-refractivity contribution in [3.63, 3.8) is 0 Å². The van der Waals surface area contributed by atoms with E-state index in [2.05, 4.69) is 41.2 Å². The molecule has 2 aliphatic heterocycles. The minimum Gasteiger partial charge on any atom is -0.481 e. The summed E-state index contributed by atoms with van der Waals surface area (Å²) in [4.78, 5) is 19.4. The fraction of sp³-hybridized carbons (Fsp3) is 0.429. The number of fused-ring (bicyclic) bond motifs is 1. The summed E-state index contributed by atoms with van der Waals surface area (Å²) in [7, 11) is 1.57. The van der Waals surface area contributed by atoms with Crippen molar-refractivity contribution in [2.75, 3.05) is 25.1 Å². The molecule has 0 spiro atoms. The molecule has 0 radical (unpaired) electrons. The molecule has 2 aliphatic rings. The van der Waals surface area contributed by atoms with Gasteiger partial charge in [0.2, 0.25) is 5.88 Å². The number of piperazine rings is 1. The number of rotatable bonds is 3. The van der Waals surface area contributed by atoms with E-state index in [1.165, 1.54) is 0 Å².